The van der Waals surface area contributed by atoms with E-state index in [9.17, 15) is 0 Å². The summed E-state index contributed by atoms with van der Waals surface area (Å²) in [6.07, 6.45) is 2.36. The molecule has 0 aliphatic carbocycles. The Morgan fingerprint density at radius 3 is 3.00 bits per heavy atom. The molecule has 1 heterocycles. The van der Waals surface area contributed by atoms with Crippen LogP contribution in [0.25, 0.3) is 5.69 Å². The number of aromatic nitrogens is 3. The zero-order valence-corrected chi connectivity index (χ0v) is 8.85. The third-order valence-corrected chi connectivity index (χ3v) is 2.31. The van der Waals surface area contributed by atoms with E-state index in [4.69, 9.17) is 17.3 Å². The van der Waals surface area contributed by atoms with Gasteiger partial charge in [-0.2, -0.15) is 0 Å². The lowest BCUT2D eigenvalue weighted by Crippen LogP contribution is -2.08. The Balaban J connectivity index is 2.40. The lowest BCUT2D eigenvalue weighted by Gasteiger charge is -2.05. The van der Waals surface area contributed by atoms with Gasteiger partial charge in [-0.15, -0.1) is 10.2 Å². The fourth-order valence-electron chi connectivity index (χ4n) is 1.40. The Morgan fingerprint density at radius 1 is 1.40 bits per heavy atom. The highest BCUT2D eigenvalue weighted by molar-refractivity contribution is 6.30. The third-order valence-electron chi connectivity index (χ3n) is 2.07. The van der Waals surface area contributed by atoms with Crippen molar-refractivity contribution in [2.75, 3.05) is 6.54 Å². The van der Waals surface area contributed by atoms with Gasteiger partial charge in [0.15, 0.2) is 0 Å². The van der Waals surface area contributed by atoms with Crippen molar-refractivity contribution in [3.8, 4) is 5.69 Å². The summed E-state index contributed by atoms with van der Waals surface area (Å²) >= 11 is 5.91. The van der Waals surface area contributed by atoms with Crippen LogP contribution in [0.15, 0.2) is 30.6 Å². The molecule has 0 spiro atoms. The van der Waals surface area contributed by atoms with Gasteiger partial charge in [0.05, 0.1) is 0 Å². The van der Waals surface area contributed by atoms with Crippen molar-refractivity contribution >= 4 is 11.6 Å². The standard InChI is InChI=1S/C10H11ClN4/c11-8-2-1-3-9(6-8)15-7-13-14-10(15)4-5-12/h1-3,6-7H,4-5,12H2. The van der Waals surface area contributed by atoms with E-state index in [2.05, 4.69) is 10.2 Å². The van der Waals surface area contributed by atoms with Crippen LogP contribution in [0, 0.1) is 0 Å². The highest BCUT2D eigenvalue weighted by Gasteiger charge is 2.05. The molecule has 0 bridgehead atoms. The predicted octanol–water partition coefficient (Wildman–Crippen LogP) is 1.42. The topological polar surface area (TPSA) is 56.7 Å². The van der Waals surface area contributed by atoms with Gasteiger partial charge in [0, 0.05) is 17.1 Å². The first kappa shape index (κ1) is 10.1. The number of nitrogens with zero attached hydrogens (tertiary/aromatic N) is 3. The Kier molecular flexibility index (Phi) is 2.99. The maximum Gasteiger partial charge on any atom is 0.138 e. The summed E-state index contributed by atoms with van der Waals surface area (Å²) in [6, 6.07) is 7.54. The minimum atomic E-state index is 0.555. The Hall–Kier alpha value is -1.39. The quantitative estimate of drug-likeness (QED) is 0.855. The molecule has 2 aromatic rings. The van der Waals surface area contributed by atoms with Crippen LogP contribution in [0.1, 0.15) is 5.82 Å². The van der Waals surface area contributed by atoms with Gasteiger partial charge >= 0.3 is 0 Å². The first-order valence-corrected chi connectivity index (χ1v) is 5.04. The van der Waals surface area contributed by atoms with Crippen LogP contribution in [0.5, 0.6) is 0 Å². The molecule has 5 heteroatoms. The zero-order valence-electron chi connectivity index (χ0n) is 8.10. The van der Waals surface area contributed by atoms with Crippen molar-refractivity contribution in [1.29, 1.82) is 0 Å². The SMILES string of the molecule is NCCc1nncn1-c1cccc(Cl)c1. The Morgan fingerprint density at radius 2 is 2.27 bits per heavy atom. The Bertz CT molecular complexity index is 452. The molecule has 0 aliphatic rings. The van der Waals surface area contributed by atoms with E-state index in [1.807, 2.05) is 28.8 Å². The monoisotopic (exact) mass is 222 g/mol. The first-order chi connectivity index (χ1) is 7.31. The fraction of sp³-hybridized carbons (Fsp3) is 0.200. The molecular weight excluding hydrogens is 212 g/mol. The fourth-order valence-corrected chi connectivity index (χ4v) is 1.58. The largest absolute Gasteiger partial charge is 0.330 e. The maximum atomic E-state index is 5.91. The van der Waals surface area contributed by atoms with E-state index >= 15 is 0 Å². The lowest BCUT2D eigenvalue weighted by atomic mass is 10.3. The summed E-state index contributed by atoms with van der Waals surface area (Å²) in [7, 11) is 0. The molecule has 0 saturated carbocycles. The number of benzene rings is 1. The summed E-state index contributed by atoms with van der Waals surface area (Å²) in [4.78, 5) is 0. The van der Waals surface area contributed by atoms with Gasteiger partial charge in [-0.1, -0.05) is 17.7 Å². The van der Waals surface area contributed by atoms with Crippen molar-refractivity contribution in [2.45, 2.75) is 6.42 Å². The highest BCUT2D eigenvalue weighted by Crippen LogP contribution is 2.15. The summed E-state index contributed by atoms with van der Waals surface area (Å²) in [5.74, 6) is 0.847. The molecule has 2 rings (SSSR count). The normalized spacial score (nSPS) is 10.5. The number of hydrogen-bond acceptors (Lipinski definition) is 3. The molecule has 4 nitrogen and oxygen atoms in total. The van der Waals surface area contributed by atoms with Gasteiger partial charge in [-0.05, 0) is 24.7 Å². The van der Waals surface area contributed by atoms with Crippen LogP contribution >= 0.6 is 11.6 Å². The van der Waals surface area contributed by atoms with Crippen LogP contribution in [-0.4, -0.2) is 21.3 Å². The number of nitrogens with two attached hydrogens (primary N) is 1. The maximum absolute atomic E-state index is 5.91. The summed E-state index contributed by atoms with van der Waals surface area (Å²) in [6.45, 7) is 0.555. The molecule has 15 heavy (non-hydrogen) atoms. The smallest absolute Gasteiger partial charge is 0.138 e. The minimum absolute atomic E-state index is 0.555. The van der Waals surface area contributed by atoms with Crippen molar-refractivity contribution in [3.05, 3.63) is 41.4 Å². The number of hydrogen-bond donors (Lipinski definition) is 1. The molecule has 1 aromatic heterocycles. The molecule has 0 aliphatic heterocycles. The average Bonchev–Trinajstić information content (AvgIpc) is 2.66. The van der Waals surface area contributed by atoms with Crippen LogP contribution in [0.2, 0.25) is 5.02 Å². The van der Waals surface area contributed by atoms with E-state index < -0.39 is 0 Å². The zero-order chi connectivity index (χ0) is 10.7. The van der Waals surface area contributed by atoms with E-state index in [1.54, 1.807) is 6.33 Å². The molecule has 0 unspecified atom stereocenters. The molecule has 2 N–H and O–H groups in total. The van der Waals surface area contributed by atoms with Crippen molar-refractivity contribution in [3.63, 3.8) is 0 Å². The van der Waals surface area contributed by atoms with Crippen LogP contribution in [0.3, 0.4) is 0 Å². The van der Waals surface area contributed by atoms with Gasteiger partial charge < -0.3 is 5.73 Å². The third kappa shape index (κ3) is 2.16. The highest BCUT2D eigenvalue weighted by atomic mass is 35.5. The minimum Gasteiger partial charge on any atom is -0.330 e. The number of halogens is 1. The molecule has 78 valence electrons. The van der Waals surface area contributed by atoms with E-state index in [1.165, 1.54) is 0 Å². The lowest BCUT2D eigenvalue weighted by molar-refractivity contribution is 0.830. The van der Waals surface area contributed by atoms with Crippen molar-refractivity contribution < 1.29 is 0 Å². The van der Waals surface area contributed by atoms with E-state index in [0.29, 0.717) is 18.0 Å². The van der Waals surface area contributed by atoms with Crippen LogP contribution < -0.4 is 5.73 Å². The molecular formula is C10H11ClN4. The van der Waals surface area contributed by atoms with Crippen LogP contribution in [-0.2, 0) is 6.42 Å². The summed E-state index contributed by atoms with van der Waals surface area (Å²) in [5.41, 5.74) is 6.44. The second-order valence-corrected chi connectivity index (χ2v) is 3.57. The summed E-state index contributed by atoms with van der Waals surface area (Å²) < 4.78 is 1.89. The first-order valence-electron chi connectivity index (χ1n) is 4.66. The van der Waals surface area contributed by atoms with E-state index in [0.717, 1.165) is 11.5 Å². The van der Waals surface area contributed by atoms with Gasteiger partial charge in [-0.25, -0.2) is 0 Å². The van der Waals surface area contributed by atoms with Gasteiger partial charge in [0.2, 0.25) is 0 Å². The molecule has 0 radical (unpaired) electrons. The van der Waals surface area contributed by atoms with Gasteiger partial charge in [-0.3, -0.25) is 4.57 Å². The second kappa shape index (κ2) is 4.42. The number of rotatable bonds is 3. The molecule has 0 fully saturated rings. The molecule has 0 atom stereocenters. The molecule has 0 saturated heterocycles. The van der Waals surface area contributed by atoms with Gasteiger partial charge in [0.1, 0.15) is 12.2 Å². The van der Waals surface area contributed by atoms with Gasteiger partial charge in [0.25, 0.3) is 0 Å². The predicted molar refractivity (Wildman–Crippen MR) is 59.1 cm³/mol. The average molecular weight is 223 g/mol. The summed E-state index contributed by atoms with van der Waals surface area (Å²) in [5, 5.41) is 8.56. The van der Waals surface area contributed by atoms with Crippen molar-refractivity contribution in [1.82, 2.24) is 14.8 Å². The van der Waals surface area contributed by atoms with Crippen LogP contribution in [0.4, 0.5) is 0 Å². The Labute approximate surface area is 92.7 Å². The van der Waals surface area contributed by atoms with E-state index in [-0.39, 0.29) is 0 Å². The van der Waals surface area contributed by atoms with Crippen molar-refractivity contribution in [2.24, 2.45) is 5.73 Å². The molecule has 1 aromatic carbocycles. The second-order valence-electron chi connectivity index (χ2n) is 3.14. The molecule has 0 amide bonds.